The van der Waals surface area contributed by atoms with Gasteiger partial charge in [0.1, 0.15) is 12.9 Å². The fourth-order valence-corrected chi connectivity index (χ4v) is 4.35. The van der Waals surface area contributed by atoms with Crippen LogP contribution in [0.3, 0.4) is 0 Å². The van der Waals surface area contributed by atoms with Gasteiger partial charge in [-0.1, -0.05) is 73.2 Å². The molecule has 0 spiro atoms. The Hall–Kier alpha value is -4.17. The molecule has 1 aliphatic heterocycles. The largest absolute Gasteiger partial charge is 0.446 e. The van der Waals surface area contributed by atoms with Crippen LogP contribution >= 0.6 is 0 Å². The number of amides is 3. The normalized spacial score (nSPS) is 13.4. The SMILES string of the molecule is O=Cc1cccc(CNC(=O)NCCOC(=O)N(c2ccccc2-c2ccccc2)N2CCCCC2)c1. The van der Waals surface area contributed by atoms with E-state index in [-0.39, 0.29) is 25.7 Å². The highest BCUT2D eigenvalue weighted by molar-refractivity contribution is 5.93. The second kappa shape index (κ2) is 13.2. The van der Waals surface area contributed by atoms with Gasteiger partial charge in [0.15, 0.2) is 0 Å². The lowest BCUT2D eigenvalue weighted by atomic mass is 10.0. The molecular weight excluding hydrogens is 468 g/mol. The quantitative estimate of drug-likeness (QED) is 0.318. The second-order valence-electron chi connectivity index (χ2n) is 8.80. The molecule has 2 N–H and O–H groups in total. The predicted octanol–water partition coefficient (Wildman–Crippen LogP) is 5.01. The molecule has 0 unspecified atom stereocenters. The maximum Gasteiger partial charge on any atom is 0.429 e. The minimum absolute atomic E-state index is 0.0325. The van der Waals surface area contributed by atoms with Crippen LogP contribution in [0.1, 0.15) is 35.2 Å². The van der Waals surface area contributed by atoms with Crippen LogP contribution < -0.4 is 15.6 Å². The molecule has 4 rings (SSSR count). The molecule has 8 heteroatoms. The van der Waals surface area contributed by atoms with Crippen molar-refractivity contribution in [3.05, 3.63) is 90.0 Å². The molecular formula is C29H32N4O4. The van der Waals surface area contributed by atoms with Crippen LogP contribution in [0.2, 0.25) is 0 Å². The Labute approximate surface area is 217 Å². The van der Waals surface area contributed by atoms with Crippen molar-refractivity contribution in [3.63, 3.8) is 0 Å². The minimum atomic E-state index is -0.474. The van der Waals surface area contributed by atoms with E-state index in [1.54, 1.807) is 23.2 Å². The fraction of sp³-hybridized carbons (Fsp3) is 0.276. The Balaban J connectivity index is 1.36. The Morgan fingerprint density at radius 1 is 0.892 bits per heavy atom. The summed E-state index contributed by atoms with van der Waals surface area (Å²) in [6.45, 7) is 2.02. The fourth-order valence-electron chi connectivity index (χ4n) is 4.35. The monoisotopic (exact) mass is 500 g/mol. The summed E-state index contributed by atoms with van der Waals surface area (Å²) in [6.07, 6.45) is 3.45. The number of ether oxygens (including phenoxy) is 1. The van der Waals surface area contributed by atoms with Gasteiger partial charge in [-0.25, -0.2) is 19.6 Å². The van der Waals surface area contributed by atoms with E-state index >= 15 is 0 Å². The van der Waals surface area contributed by atoms with Crippen LogP contribution in [-0.4, -0.2) is 49.7 Å². The van der Waals surface area contributed by atoms with Crippen molar-refractivity contribution in [2.24, 2.45) is 0 Å². The zero-order valence-electron chi connectivity index (χ0n) is 20.8. The zero-order chi connectivity index (χ0) is 25.9. The first-order valence-corrected chi connectivity index (χ1v) is 12.6. The molecule has 0 aliphatic carbocycles. The van der Waals surface area contributed by atoms with E-state index in [0.717, 1.165) is 61.0 Å². The van der Waals surface area contributed by atoms with Crippen molar-refractivity contribution in [1.82, 2.24) is 15.6 Å². The van der Waals surface area contributed by atoms with Gasteiger partial charge in [0.25, 0.3) is 0 Å². The number of aldehydes is 1. The zero-order valence-corrected chi connectivity index (χ0v) is 20.8. The maximum absolute atomic E-state index is 13.3. The summed E-state index contributed by atoms with van der Waals surface area (Å²) < 4.78 is 5.61. The van der Waals surface area contributed by atoms with E-state index in [2.05, 4.69) is 10.6 Å². The number of benzene rings is 3. The molecule has 0 aromatic heterocycles. The highest BCUT2D eigenvalue weighted by Gasteiger charge is 2.28. The number of rotatable bonds is 9. The number of para-hydroxylation sites is 1. The standard InChI is InChI=1S/C29H32N4O4/c34-22-24-11-9-10-23(20-24)21-31-28(35)30-16-19-37-29(36)33(32-17-7-2-8-18-32)27-15-6-5-14-26(27)25-12-3-1-4-13-25/h1,3-6,9-15,20,22H,2,7-8,16-19,21H2,(H2,30,31,35). The molecule has 1 saturated heterocycles. The van der Waals surface area contributed by atoms with Gasteiger partial charge in [0, 0.05) is 30.8 Å². The molecule has 1 heterocycles. The van der Waals surface area contributed by atoms with Gasteiger partial charge in [0.2, 0.25) is 0 Å². The van der Waals surface area contributed by atoms with Crippen molar-refractivity contribution in [2.45, 2.75) is 25.8 Å². The number of nitrogens with zero attached hydrogens (tertiary/aromatic N) is 2. The van der Waals surface area contributed by atoms with Gasteiger partial charge in [0.05, 0.1) is 12.2 Å². The molecule has 192 valence electrons. The first-order chi connectivity index (χ1) is 18.2. The first kappa shape index (κ1) is 25.9. The van der Waals surface area contributed by atoms with Crippen molar-refractivity contribution in [2.75, 3.05) is 31.3 Å². The summed E-state index contributed by atoms with van der Waals surface area (Å²) in [7, 11) is 0. The van der Waals surface area contributed by atoms with Gasteiger partial charge >= 0.3 is 12.1 Å². The van der Waals surface area contributed by atoms with E-state index < -0.39 is 6.09 Å². The van der Waals surface area contributed by atoms with E-state index in [9.17, 15) is 14.4 Å². The minimum Gasteiger partial charge on any atom is -0.446 e. The van der Waals surface area contributed by atoms with Gasteiger partial charge < -0.3 is 15.4 Å². The average Bonchev–Trinajstić information content (AvgIpc) is 2.96. The summed E-state index contributed by atoms with van der Waals surface area (Å²) in [5, 5.41) is 9.13. The predicted molar refractivity (Wildman–Crippen MR) is 143 cm³/mol. The first-order valence-electron chi connectivity index (χ1n) is 12.6. The van der Waals surface area contributed by atoms with Crippen molar-refractivity contribution < 1.29 is 19.1 Å². The molecule has 0 atom stereocenters. The average molecular weight is 501 g/mol. The Kier molecular flexibility index (Phi) is 9.26. The molecule has 8 nitrogen and oxygen atoms in total. The number of hydrazine groups is 1. The topological polar surface area (TPSA) is 91.0 Å². The lowest BCUT2D eigenvalue weighted by Crippen LogP contribution is -2.50. The van der Waals surface area contributed by atoms with Crippen LogP contribution in [0.15, 0.2) is 78.9 Å². The summed E-state index contributed by atoms with van der Waals surface area (Å²) in [5.74, 6) is 0. The number of nitrogens with one attached hydrogen (secondary N) is 2. The molecule has 0 bridgehead atoms. The Morgan fingerprint density at radius 3 is 2.43 bits per heavy atom. The van der Waals surface area contributed by atoms with E-state index in [1.807, 2.05) is 65.7 Å². The van der Waals surface area contributed by atoms with Crippen molar-refractivity contribution in [3.8, 4) is 11.1 Å². The number of carbonyl (C=O) groups excluding carboxylic acids is 3. The van der Waals surface area contributed by atoms with Gasteiger partial charge in [-0.2, -0.15) is 0 Å². The van der Waals surface area contributed by atoms with Gasteiger partial charge in [-0.3, -0.25) is 4.79 Å². The summed E-state index contributed by atoms with van der Waals surface area (Å²) >= 11 is 0. The molecule has 37 heavy (non-hydrogen) atoms. The van der Waals surface area contributed by atoms with Crippen LogP contribution in [-0.2, 0) is 11.3 Å². The van der Waals surface area contributed by atoms with Crippen LogP contribution in [0.25, 0.3) is 11.1 Å². The number of carbonyl (C=O) groups is 3. The number of hydrogen-bond acceptors (Lipinski definition) is 5. The highest BCUT2D eigenvalue weighted by Crippen LogP contribution is 2.33. The summed E-state index contributed by atoms with van der Waals surface area (Å²) in [4.78, 5) is 36.4. The smallest absolute Gasteiger partial charge is 0.429 e. The van der Waals surface area contributed by atoms with E-state index in [4.69, 9.17) is 4.74 Å². The molecule has 3 amide bonds. The van der Waals surface area contributed by atoms with Gasteiger partial charge in [-0.05, 0) is 36.1 Å². The Bertz CT molecular complexity index is 1200. The van der Waals surface area contributed by atoms with Crippen LogP contribution in [0, 0.1) is 0 Å². The molecule has 1 fully saturated rings. The lowest BCUT2D eigenvalue weighted by molar-refractivity contribution is 0.112. The summed E-state index contributed by atoms with van der Waals surface area (Å²) in [6, 6.07) is 24.4. The Morgan fingerprint density at radius 2 is 1.65 bits per heavy atom. The second-order valence-corrected chi connectivity index (χ2v) is 8.80. The van der Waals surface area contributed by atoms with Crippen LogP contribution in [0.4, 0.5) is 15.3 Å². The molecule has 3 aromatic rings. The molecule has 0 radical (unpaired) electrons. The highest BCUT2D eigenvalue weighted by atomic mass is 16.6. The molecule has 1 aliphatic rings. The number of hydrogen-bond donors (Lipinski definition) is 2. The number of piperidine rings is 1. The number of urea groups is 1. The summed E-state index contributed by atoms with van der Waals surface area (Å²) in [5.41, 5.74) is 4.11. The third kappa shape index (κ3) is 7.17. The third-order valence-corrected chi connectivity index (χ3v) is 6.16. The van der Waals surface area contributed by atoms with Crippen molar-refractivity contribution >= 4 is 24.1 Å². The van der Waals surface area contributed by atoms with Gasteiger partial charge in [-0.15, -0.1) is 0 Å². The molecule has 0 saturated carbocycles. The van der Waals surface area contributed by atoms with Crippen molar-refractivity contribution in [1.29, 1.82) is 0 Å². The van der Waals surface area contributed by atoms with Crippen LogP contribution in [0.5, 0.6) is 0 Å². The maximum atomic E-state index is 13.3. The third-order valence-electron chi connectivity index (χ3n) is 6.16. The molecule has 3 aromatic carbocycles. The number of anilines is 1. The lowest BCUT2D eigenvalue weighted by Gasteiger charge is -2.37. The van der Waals surface area contributed by atoms with E-state index in [1.165, 1.54) is 0 Å². The van der Waals surface area contributed by atoms with E-state index in [0.29, 0.717) is 5.56 Å².